The van der Waals surface area contributed by atoms with Crippen molar-refractivity contribution in [2.24, 2.45) is 23.0 Å². The Morgan fingerprint density at radius 1 is 1.20 bits per heavy atom. The summed E-state index contributed by atoms with van der Waals surface area (Å²) in [5, 5.41) is 7.38. The predicted octanol–water partition coefficient (Wildman–Crippen LogP) is 1.95. The quantitative estimate of drug-likeness (QED) is 0.608. The van der Waals surface area contributed by atoms with Crippen LogP contribution in [0.1, 0.15) is 38.5 Å². The van der Waals surface area contributed by atoms with Gasteiger partial charge in [0.1, 0.15) is 6.29 Å². The van der Waals surface area contributed by atoms with Crippen molar-refractivity contribution in [1.29, 1.82) is 5.41 Å². The van der Waals surface area contributed by atoms with Crippen molar-refractivity contribution < 1.29 is 4.79 Å². The molecule has 0 aromatic rings. The SMILES string of the molecule is N=C/C(=C\N)C1CCN(C2CC3(CC(C=O)C3)C2)CC1. The number of likely N-dealkylation sites (tertiary alicyclic amines) is 1. The van der Waals surface area contributed by atoms with Crippen LogP contribution in [0.25, 0.3) is 0 Å². The van der Waals surface area contributed by atoms with E-state index in [2.05, 4.69) is 4.90 Å². The van der Waals surface area contributed by atoms with Crippen molar-refractivity contribution in [1.82, 2.24) is 4.90 Å². The summed E-state index contributed by atoms with van der Waals surface area (Å²) in [5.41, 5.74) is 7.10. The molecule has 3 fully saturated rings. The van der Waals surface area contributed by atoms with Gasteiger partial charge in [0, 0.05) is 18.2 Å². The number of hydrogen-bond acceptors (Lipinski definition) is 4. The average molecular weight is 275 g/mol. The molecule has 2 aliphatic carbocycles. The van der Waals surface area contributed by atoms with Crippen molar-refractivity contribution >= 4 is 12.5 Å². The number of carbonyl (C=O) groups excluding carboxylic acids is 1. The fourth-order valence-corrected chi connectivity index (χ4v) is 4.58. The molecule has 1 aliphatic heterocycles. The molecular weight excluding hydrogens is 250 g/mol. The predicted molar refractivity (Wildman–Crippen MR) is 79.6 cm³/mol. The maximum atomic E-state index is 10.7. The van der Waals surface area contributed by atoms with Crippen LogP contribution in [0.3, 0.4) is 0 Å². The lowest BCUT2D eigenvalue weighted by Crippen LogP contribution is -2.57. The first-order valence-electron chi connectivity index (χ1n) is 7.81. The van der Waals surface area contributed by atoms with Gasteiger partial charge in [0.25, 0.3) is 0 Å². The molecule has 1 heterocycles. The minimum absolute atomic E-state index is 0.353. The maximum Gasteiger partial charge on any atom is 0.123 e. The standard InChI is InChI=1S/C16H25N3O/c17-9-14(10-18)13-1-3-19(4-2-13)15-7-16(8-15)5-12(6-16)11-20/h9-13,15,17H,1-8,18H2/b14-10+,17-9?. The van der Waals surface area contributed by atoms with Crippen molar-refractivity contribution in [3.05, 3.63) is 11.8 Å². The van der Waals surface area contributed by atoms with Gasteiger partial charge in [-0.15, -0.1) is 0 Å². The highest BCUT2D eigenvalue weighted by molar-refractivity contribution is 5.76. The summed E-state index contributed by atoms with van der Waals surface area (Å²) in [5.74, 6) is 0.831. The maximum absolute atomic E-state index is 10.7. The second-order valence-corrected chi connectivity index (χ2v) is 6.99. The molecule has 20 heavy (non-hydrogen) atoms. The zero-order chi connectivity index (χ0) is 14.2. The minimum atomic E-state index is 0.353. The molecule has 2 saturated carbocycles. The van der Waals surface area contributed by atoms with E-state index in [1.54, 1.807) is 6.20 Å². The van der Waals surface area contributed by atoms with Crippen LogP contribution in [0.4, 0.5) is 0 Å². The molecule has 3 rings (SSSR count). The second-order valence-electron chi connectivity index (χ2n) is 6.99. The molecule has 1 saturated heterocycles. The van der Waals surface area contributed by atoms with E-state index in [4.69, 9.17) is 11.1 Å². The summed E-state index contributed by atoms with van der Waals surface area (Å²) in [6.45, 7) is 2.27. The lowest BCUT2D eigenvalue weighted by atomic mass is 9.50. The highest BCUT2D eigenvalue weighted by Crippen LogP contribution is 2.59. The van der Waals surface area contributed by atoms with Crippen LogP contribution < -0.4 is 5.73 Å². The second kappa shape index (κ2) is 5.32. The Balaban J connectivity index is 1.44. The van der Waals surface area contributed by atoms with Gasteiger partial charge < -0.3 is 20.8 Å². The normalized spacial score (nSPS) is 39.1. The van der Waals surface area contributed by atoms with Crippen LogP contribution in [0.5, 0.6) is 0 Å². The van der Waals surface area contributed by atoms with Crippen LogP contribution in [-0.2, 0) is 4.79 Å². The van der Waals surface area contributed by atoms with Gasteiger partial charge >= 0.3 is 0 Å². The molecule has 0 atom stereocenters. The smallest absolute Gasteiger partial charge is 0.123 e. The van der Waals surface area contributed by atoms with Gasteiger partial charge in [-0.2, -0.15) is 0 Å². The molecule has 0 bridgehead atoms. The molecule has 0 unspecified atom stereocenters. The fraction of sp³-hybridized carbons (Fsp3) is 0.750. The third-order valence-corrected chi connectivity index (χ3v) is 5.80. The largest absolute Gasteiger partial charge is 0.404 e. The Hall–Kier alpha value is -1.16. The number of nitrogens with two attached hydrogens (primary N) is 1. The number of carbonyl (C=O) groups is 1. The van der Waals surface area contributed by atoms with Crippen LogP contribution >= 0.6 is 0 Å². The molecule has 110 valence electrons. The first-order chi connectivity index (χ1) is 9.69. The van der Waals surface area contributed by atoms with E-state index in [1.807, 2.05) is 0 Å². The summed E-state index contributed by atoms with van der Waals surface area (Å²) in [4.78, 5) is 13.3. The van der Waals surface area contributed by atoms with Crippen LogP contribution in [0.15, 0.2) is 11.8 Å². The number of hydrogen-bond donors (Lipinski definition) is 2. The first-order valence-corrected chi connectivity index (χ1v) is 7.81. The Labute approximate surface area is 120 Å². The third kappa shape index (κ3) is 2.30. The van der Waals surface area contributed by atoms with Crippen LogP contribution in [-0.4, -0.2) is 36.5 Å². The number of piperidine rings is 1. The molecule has 0 aromatic heterocycles. The number of aldehydes is 1. The zero-order valence-corrected chi connectivity index (χ0v) is 12.1. The van der Waals surface area contributed by atoms with Gasteiger partial charge in [0.05, 0.1) is 0 Å². The van der Waals surface area contributed by atoms with Gasteiger partial charge in [-0.05, 0) is 74.7 Å². The summed E-state index contributed by atoms with van der Waals surface area (Å²) in [6.07, 6.45) is 11.3. The van der Waals surface area contributed by atoms with Gasteiger partial charge in [0.2, 0.25) is 0 Å². The Morgan fingerprint density at radius 2 is 1.85 bits per heavy atom. The Bertz CT molecular complexity index is 409. The van der Waals surface area contributed by atoms with Gasteiger partial charge in [-0.25, -0.2) is 0 Å². The van der Waals surface area contributed by atoms with Gasteiger partial charge in [0.15, 0.2) is 0 Å². The third-order valence-electron chi connectivity index (χ3n) is 5.80. The monoisotopic (exact) mass is 275 g/mol. The molecular formula is C16H25N3O. The fourth-order valence-electron chi connectivity index (χ4n) is 4.58. The molecule has 4 nitrogen and oxygen atoms in total. The number of allylic oxidation sites excluding steroid dienone is 1. The molecule has 0 amide bonds. The van der Waals surface area contributed by atoms with Crippen molar-refractivity contribution in [2.75, 3.05) is 13.1 Å². The van der Waals surface area contributed by atoms with E-state index < -0.39 is 0 Å². The summed E-state index contributed by atoms with van der Waals surface area (Å²) >= 11 is 0. The molecule has 0 aromatic carbocycles. The highest BCUT2D eigenvalue weighted by Gasteiger charge is 2.54. The van der Waals surface area contributed by atoms with E-state index in [0.29, 0.717) is 17.3 Å². The van der Waals surface area contributed by atoms with Crippen molar-refractivity contribution in [3.8, 4) is 0 Å². The topological polar surface area (TPSA) is 70.2 Å². The molecule has 3 aliphatic rings. The average Bonchev–Trinajstić information content (AvgIpc) is 2.39. The molecule has 4 heteroatoms. The first kappa shape index (κ1) is 13.8. The Kier molecular flexibility index (Phi) is 3.67. The van der Waals surface area contributed by atoms with E-state index in [-0.39, 0.29) is 0 Å². The van der Waals surface area contributed by atoms with E-state index >= 15 is 0 Å². The minimum Gasteiger partial charge on any atom is -0.404 e. The zero-order valence-electron chi connectivity index (χ0n) is 12.1. The van der Waals surface area contributed by atoms with Crippen LogP contribution in [0, 0.1) is 22.7 Å². The van der Waals surface area contributed by atoms with E-state index in [9.17, 15) is 4.79 Å². The summed E-state index contributed by atoms with van der Waals surface area (Å²) in [7, 11) is 0. The molecule has 3 N–H and O–H groups in total. The lowest BCUT2D eigenvalue weighted by Gasteiger charge is -2.59. The summed E-state index contributed by atoms with van der Waals surface area (Å²) in [6, 6.07) is 0.744. The van der Waals surface area contributed by atoms with E-state index in [0.717, 1.165) is 56.7 Å². The number of rotatable bonds is 4. The highest BCUT2D eigenvalue weighted by atomic mass is 16.1. The number of nitrogens with zero attached hydrogens (tertiary/aromatic N) is 1. The van der Waals surface area contributed by atoms with E-state index in [1.165, 1.54) is 19.1 Å². The molecule has 1 spiro atoms. The van der Waals surface area contributed by atoms with Crippen molar-refractivity contribution in [2.45, 2.75) is 44.6 Å². The number of nitrogens with one attached hydrogen (secondary N) is 1. The van der Waals surface area contributed by atoms with Crippen LogP contribution in [0.2, 0.25) is 0 Å². The summed E-state index contributed by atoms with van der Waals surface area (Å²) < 4.78 is 0. The van der Waals surface area contributed by atoms with Gasteiger partial charge in [-0.1, -0.05) is 0 Å². The molecule has 0 radical (unpaired) electrons. The Morgan fingerprint density at radius 3 is 2.35 bits per heavy atom. The lowest BCUT2D eigenvalue weighted by molar-refractivity contribution is -0.130. The van der Waals surface area contributed by atoms with Crippen molar-refractivity contribution in [3.63, 3.8) is 0 Å². The van der Waals surface area contributed by atoms with Gasteiger partial charge in [-0.3, -0.25) is 0 Å².